The van der Waals surface area contributed by atoms with E-state index in [9.17, 15) is 9.59 Å². The topological polar surface area (TPSA) is 69.6 Å². The maximum absolute atomic E-state index is 11.9. The Labute approximate surface area is 124 Å². The van der Waals surface area contributed by atoms with Gasteiger partial charge in [0.2, 0.25) is 0 Å². The fraction of sp³-hybridized carbons (Fsp3) is 0.333. The normalized spacial score (nSPS) is 10.1. The van der Waals surface area contributed by atoms with Crippen molar-refractivity contribution in [1.82, 2.24) is 4.90 Å². The van der Waals surface area contributed by atoms with Gasteiger partial charge >= 0.3 is 12.0 Å². The van der Waals surface area contributed by atoms with Crippen molar-refractivity contribution >= 4 is 45.2 Å². The van der Waals surface area contributed by atoms with Crippen LogP contribution >= 0.6 is 27.5 Å². The first-order valence-corrected chi connectivity index (χ1v) is 6.77. The number of hydrogen-bond donors (Lipinski definition) is 2. The van der Waals surface area contributed by atoms with Gasteiger partial charge in [-0.15, -0.1) is 0 Å². The van der Waals surface area contributed by atoms with E-state index in [-0.39, 0.29) is 12.5 Å². The van der Waals surface area contributed by atoms with E-state index in [1.54, 1.807) is 25.2 Å². The van der Waals surface area contributed by atoms with Crippen molar-refractivity contribution in [2.75, 3.05) is 18.9 Å². The SMILES string of the molecule is CN(CCCC(=O)O)C(=O)Nc1cccc(Cl)c1Br. The van der Waals surface area contributed by atoms with E-state index in [0.29, 0.717) is 28.1 Å². The van der Waals surface area contributed by atoms with E-state index in [4.69, 9.17) is 16.7 Å². The molecule has 1 aromatic carbocycles. The number of benzene rings is 1. The highest BCUT2D eigenvalue weighted by molar-refractivity contribution is 9.10. The number of aliphatic carboxylic acids is 1. The van der Waals surface area contributed by atoms with Gasteiger partial charge in [0.15, 0.2) is 0 Å². The summed E-state index contributed by atoms with van der Waals surface area (Å²) in [5.41, 5.74) is 0.572. The van der Waals surface area contributed by atoms with Crippen molar-refractivity contribution in [3.63, 3.8) is 0 Å². The molecule has 19 heavy (non-hydrogen) atoms. The van der Waals surface area contributed by atoms with E-state index < -0.39 is 5.97 Å². The Morgan fingerprint density at radius 3 is 2.79 bits per heavy atom. The minimum atomic E-state index is -0.869. The fourth-order valence-electron chi connectivity index (χ4n) is 1.38. The highest BCUT2D eigenvalue weighted by Crippen LogP contribution is 2.30. The lowest BCUT2D eigenvalue weighted by Crippen LogP contribution is -2.32. The maximum atomic E-state index is 11.9. The van der Waals surface area contributed by atoms with E-state index in [2.05, 4.69) is 21.2 Å². The average molecular weight is 350 g/mol. The lowest BCUT2D eigenvalue weighted by molar-refractivity contribution is -0.137. The molecule has 0 aliphatic carbocycles. The van der Waals surface area contributed by atoms with Crippen LogP contribution in [0.15, 0.2) is 22.7 Å². The third-order valence-electron chi connectivity index (χ3n) is 2.42. The number of carboxylic acid groups (broad SMARTS) is 1. The number of carboxylic acids is 1. The van der Waals surface area contributed by atoms with E-state index >= 15 is 0 Å². The standard InChI is InChI=1S/C12H14BrClN2O3/c1-16(7-3-6-10(17)18)12(19)15-9-5-2-4-8(14)11(9)13/h2,4-5H,3,6-7H2,1H3,(H,15,19)(H,17,18). The average Bonchev–Trinajstić information content (AvgIpc) is 2.34. The first-order valence-electron chi connectivity index (χ1n) is 5.59. The number of halogens is 2. The van der Waals surface area contributed by atoms with Crippen molar-refractivity contribution in [2.24, 2.45) is 0 Å². The Morgan fingerprint density at radius 2 is 2.16 bits per heavy atom. The summed E-state index contributed by atoms with van der Waals surface area (Å²) in [6.45, 7) is 0.371. The number of amides is 2. The van der Waals surface area contributed by atoms with Gasteiger partial charge in [0, 0.05) is 20.0 Å². The van der Waals surface area contributed by atoms with E-state index in [0.717, 1.165) is 0 Å². The molecule has 0 saturated heterocycles. The fourth-order valence-corrected chi connectivity index (χ4v) is 1.92. The van der Waals surface area contributed by atoms with E-state index in [1.807, 2.05) is 0 Å². The van der Waals surface area contributed by atoms with Crippen molar-refractivity contribution in [3.05, 3.63) is 27.7 Å². The Balaban J connectivity index is 2.54. The third kappa shape index (κ3) is 5.08. The first-order chi connectivity index (χ1) is 8.91. The molecule has 104 valence electrons. The van der Waals surface area contributed by atoms with Gasteiger partial charge in [-0.25, -0.2) is 4.79 Å². The minimum absolute atomic E-state index is 0.0402. The van der Waals surface area contributed by atoms with Crippen molar-refractivity contribution in [3.8, 4) is 0 Å². The van der Waals surface area contributed by atoms with Gasteiger partial charge < -0.3 is 15.3 Å². The van der Waals surface area contributed by atoms with E-state index in [1.165, 1.54) is 4.90 Å². The second-order valence-corrected chi connectivity index (χ2v) is 5.15. The van der Waals surface area contributed by atoms with Crippen LogP contribution in [0.25, 0.3) is 0 Å². The molecule has 7 heteroatoms. The second-order valence-electron chi connectivity index (χ2n) is 3.95. The Bertz CT molecular complexity index is 482. The zero-order valence-corrected chi connectivity index (χ0v) is 12.7. The van der Waals surface area contributed by atoms with Crippen LogP contribution in [-0.4, -0.2) is 35.6 Å². The summed E-state index contributed by atoms with van der Waals surface area (Å²) in [5.74, 6) is -0.869. The summed E-state index contributed by atoms with van der Waals surface area (Å²) in [7, 11) is 1.61. The van der Waals surface area contributed by atoms with Crippen LogP contribution in [0, 0.1) is 0 Å². The number of rotatable bonds is 5. The van der Waals surface area contributed by atoms with Crippen molar-refractivity contribution < 1.29 is 14.7 Å². The molecular weight excluding hydrogens is 335 g/mol. The minimum Gasteiger partial charge on any atom is -0.481 e. The smallest absolute Gasteiger partial charge is 0.321 e. The number of urea groups is 1. The molecule has 1 rings (SSSR count). The lowest BCUT2D eigenvalue weighted by atomic mass is 10.3. The number of nitrogens with one attached hydrogen (secondary N) is 1. The molecule has 0 saturated carbocycles. The van der Waals surface area contributed by atoms with Crippen LogP contribution in [0.3, 0.4) is 0 Å². The Morgan fingerprint density at radius 1 is 1.47 bits per heavy atom. The summed E-state index contributed by atoms with van der Waals surface area (Å²) < 4.78 is 0.615. The summed E-state index contributed by atoms with van der Waals surface area (Å²) in [5, 5.41) is 11.7. The van der Waals surface area contributed by atoms with Gasteiger partial charge in [-0.1, -0.05) is 17.7 Å². The van der Waals surface area contributed by atoms with Gasteiger partial charge in [0.05, 0.1) is 15.2 Å². The van der Waals surface area contributed by atoms with Gasteiger partial charge in [-0.2, -0.15) is 0 Å². The molecule has 1 aromatic rings. The van der Waals surface area contributed by atoms with Gasteiger partial charge in [-0.05, 0) is 34.5 Å². The zero-order chi connectivity index (χ0) is 14.4. The molecular formula is C12H14BrClN2O3. The number of nitrogens with zero attached hydrogens (tertiary/aromatic N) is 1. The van der Waals surface area contributed by atoms with Crippen LogP contribution in [0.1, 0.15) is 12.8 Å². The predicted octanol–water partition coefficient (Wildman–Crippen LogP) is 3.43. The lowest BCUT2D eigenvalue weighted by Gasteiger charge is -2.18. The first kappa shape index (κ1) is 15.8. The highest BCUT2D eigenvalue weighted by Gasteiger charge is 2.12. The summed E-state index contributed by atoms with van der Waals surface area (Å²) >= 11 is 9.20. The molecule has 0 unspecified atom stereocenters. The molecule has 0 fully saturated rings. The molecule has 0 aromatic heterocycles. The molecule has 0 radical (unpaired) electrons. The predicted molar refractivity (Wildman–Crippen MR) is 77.7 cm³/mol. The van der Waals surface area contributed by atoms with Crippen LogP contribution in [0.5, 0.6) is 0 Å². The van der Waals surface area contributed by atoms with Crippen LogP contribution in [0.2, 0.25) is 5.02 Å². The number of anilines is 1. The Kier molecular flexibility index (Phi) is 6.11. The summed E-state index contributed by atoms with van der Waals surface area (Å²) in [6.07, 6.45) is 0.453. The summed E-state index contributed by atoms with van der Waals surface area (Å²) in [6, 6.07) is 4.84. The molecule has 0 aliphatic heterocycles. The molecule has 0 atom stereocenters. The second kappa shape index (κ2) is 7.35. The molecule has 5 nitrogen and oxygen atoms in total. The number of carbonyl (C=O) groups is 2. The van der Waals surface area contributed by atoms with Crippen molar-refractivity contribution in [1.29, 1.82) is 0 Å². The van der Waals surface area contributed by atoms with Crippen LogP contribution < -0.4 is 5.32 Å². The molecule has 0 bridgehead atoms. The largest absolute Gasteiger partial charge is 0.481 e. The maximum Gasteiger partial charge on any atom is 0.321 e. The zero-order valence-electron chi connectivity index (χ0n) is 10.3. The molecule has 2 amide bonds. The number of carbonyl (C=O) groups excluding carboxylic acids is 1. The quantitative estimate of drug-likeness (QED) is 0.855. The molecule has 0 spiro atoms. The molecule has 0 heterocycles. The monoisotopic (exact) mass is 348 g/mol. The molecule has 2 N–H and O–H groups in total. The molecule has 0 aliphatic rings. The Hall–Kier alpha value is -1.27. The highest BCUT2D eigenvalue weighted by atomic mass is 79.9. The van der Waals surface area contributed by atoms with Gasteiger partial charge in [-0.3, -0.25) is 4.79 Å². The number of hydrogen-bond acceptors (Lipinski definition) is 2. The van der Waals surface area contributed by atoms with Gasteiger partial charge in [0.25, 0.3) is 0 Å². The van der Waals surface area contributed by atoms with Crippen LogP contribution in [-0.2, 0) is 4.79 Å². The van der Waals surface area contributed by atoms with Crippen LogP contribution in [0.4, 0.5) is 10.5 Å². The third-order valence-corrected chi connectivity index (χ3v) is 3.82. The van der Waals surface area contributed by atoms with Gasteiger partial charge in [0.1, 0.15) is 0 Å². The summed E-state index contributed by atoms with van der Waals surface area (Å²) in [4.78, 5) is 23.7. The van der Waals surface area contributed by atoms with Crippen molar-refractivity contribution in [2.45, 2.75) is 12.8 Å².